The van der Waals surface area contributed by atoms with E-state index in [1.807, 2.05) is 6.07 Å². The largest absolute Gasteiger partial charge is 0.508 e. The molecule has 1 aliphatic heterocycles. The Morgan fingerprint density at radius 1 is 1.38 bits per heavy atom. The van der Waals surface area contributed by atoms with E-state index < -0.39 is 0 Å². The molecule has 1 amide bonds. The number of nitrogens with one attached hydrogen (secondary N) is 1. The van der Waals surface area contributed by atoms with Crippen LogP contribution in [0.1, 0.15) is 51.7 Å². The Labute approximate surface area is 155 Å². The maximum absolute atomic E-state index is 11.9. The van der Waals surface area contributed by atoms with Gasteiger partial charge in [0.05, 0.1) is 13.2 Å². The Hall–Kier alpha value is -1.75. The summed E-state index contributed by atoms with van der Waals surface area (Å²) in [6.07, 6.45) is 3.00. The van der Waals surface area contributed by atoms with Crippen molar-refractivity contribution in [3.63, 3.8) is 0 Å². The van der Waals surface area contributed by atoms with Gasteiger partial charge >= 0.3 is 0 Å². The van der Waals surface area contributed by atoms with Gasteiger partial charge in [-0.1, -0.05) is 13.8 Å². The molecular weight excluding hydrogens is 330 g/mol. The van der Waals surface area contributed by atoms with E-state index in [0.717, 1.165) is 30.6 Å². The van der Waals surface area contributed by atoms with Crippen LogP contribution in [0.5, 0.6) is 11.5 Å². The summed E-state index contributed by atoms with van der Waals surface area (Å²) in [5, 5.41) is 13.8. The average Bonchev–Trinajstić information content (AvgIpc) is 3.08. The van der Waals surface area contributed by atoms with E-state index >= 15 is 0 Å². The summed E-state index contributed by atoms with van der Waals surface area (Å²) in [4.78, 5) is 11.9. The predicted molar refractivity (Wildman–Crippen MR) is 98.0 cm³/mol. The van der Waals surface area contributed by atoms with E-state index in [2.05, 4.69) is 19.2 Å². The third kappa shape index (κ3) is 2.36. The Morgan fingerprint density at radius 3 is 2.85 bits per heavy atom. The van der Waals surface area contributed by atoms with Gasteiger partial charge in [0, 0.05) is 25.1 Å². The number of hydrogen-bond acceptors (Lipinski definition) is 4. The number of benzene rings is 1. The van der Waals surface area contributed by atoms with Crippen LogP contribution in [0, 0.1) is 22.7 Å². The molecule has 5 heteroatoms. The molecule has 26 heavy (non-hydrogen) atoms. The number of aromatic hydroxyl groups is 1. The molecule has 1 spiro atoms. The summed E-state index contributed by atoms with van der Waals surface area (Å²) in [6.45, 7) is 6.84. The summed E-state index contributed by atoms with van der Waals surface area (Å²) in [7, 11) is 1.63. The normalized spacial score (nSPS) is 37.2. The second-order valence-electron chi connectivity index (χ2n) is 8.90. The second kappa shape index (κ2) is 5.88. The summed E-state index contributed by atoms with van der Waals surface area (Å²) in [6, 6.07) is 5.49. The van der Waals surface area contributed by atoms with Crippen molar-refractivity contribution in [3.05, 3.63) is 23.8 Å². The Morgan fingerprint density at radius 2 is 2.15 bits per heavy atom. The molecule has 2 bridgehead atoms. The number of phenols is 1. The Balaban J connectivity index is 1.74. The number of hydrogen-bond donors (Lipinski definition) is 2. The fourth-order valence-electron chi connectivity index (χ4n) is 6.19. The van der Waals surface area contributed by atoms with E-state index in [1.165, 1.54) is 0 Å². The summed E-state index contributed by atoms with van der Waals surface area (Å²) in [5.74, 6) is 1.87. The lowest BCUT2D eigenvalue weighted by Crippen LogP contribution is -2.58. The minimum atomic E-state index is -0.156. The molecule has 2 N–H and O–H groups in total. The van der Waals surface area contributed by atoms with Gasteiger partial charge in [0.25, 0.3) is 0 Å². The van der Waals surface area contributed by atoms with Gasteiger partial charge in [-0.05, 0) is 60.1 Å². The molecule has 5 nitrogen and oxygen atoms in total. The van der Waals surface area contributed by atoms with Crippen LogP contribution < -0.4 is 10.1 Å². The minimum Gasteiger partial charge on any atom is -0.508 e. The molecule has 0 aromatic heterocycles. The zero-order chi connectivity index (χ0) is 18.7. The van der Waals surface area contributed by atoms with Crippen molar-refractivity contribution in [1.29, 1.82) is 0 Å². The van der Waals surface area contributed by atoms with Crippen molar-refractivity contribution in [2.45, 2.75) is 52.2 Å². The van der Waals surface area contributed by atoms with E-state index in [1.54, 1.807) is 26.2 Å². The van der Waals surface area contributed by atoms with Crippen LogP contribution in [0.3, 0.4) is 0 Å². The topological polar surface area (TPSA) is 67.8 Å². The SMILES string of the molecule is COc1ccc(O)c([C@H]2OCCC34C[C@@H](C[C@H]23)C(C)(C)[C@@H]4NC(C)=O)c1. The lowest BCUT2D eigenvalue weighted by Gasteiger charge is -2.53. The van der Waals surface area contributed by atoms with Crippen LogP contribution in [0.25, 0.3) is 0 Å². The number of carbonyl (C=O) groups is 1. The molecule has 0 radical (unpaired) electrons. The van der Waals surface area contributed by atoms with Gasteiger partial charge in [0.1, 0.15) is 11.5 Å². The fourth-order valence-corrected chi connectivity index (χ4v) is 6.19. The molecule has 1 aromatic rings. The van der Waals surface area contributed by atoms with Gasteiger partial charge in [-0.3, -0.25) is 4.79 Å². The highest BCUT2D eigenvalue weighted by atomic mass is 16.5. The molecule has 1 aromatic carbocycles. The third-order valence-electron chi connectivity index (χ3n) is 7.39. The summed E-state index contributed by atoms with van der Waals surface area (Å²) >= 11 is 0. The minimum absolute atomic E-state index is 0.0380. The molecule has 2 aliphatic carbocycles. The fraction of sp³-hybridized carbons (Fsp3) is 0.667. The maximum Gasteiger partial charge on any atom is 0.217 e. The standard InChI is InChI=1S/C21H29NO4/c1-12(23)22-19-20(2,3)13-9-16-18(26-8-7-21(16,19)11-13)15-10-14(25-4)5-6-17(15)24/h5-6,10,13,16,18-19,24H,7-9,11H2,1-4H3,(H,22,23)/t13-,16-,18-,19+,21?/m1/s1. The third-order valence-corrected chi connectivity index (χ3v) is 7.39. The molecule has 1 heterocycles. The van der Waals surface area contributed by atoms with E-state index in [9.17, 15) is 9.90 Å². The first kappa shape index (κ1) is 17.7. The number of fused-ring (bicyclic) bond motifs is 1. The predicted octanol–water partition coefficient (Wildman–Crippen LogP) is 3.42. The highest BCUT2D eigenvalue weighted by Crippen LogP contribution is 2.70. The van der Waals surface area contributed by atoms with E-state index in [4.69, 9.17) is 9.47 Å². The quantitative estimate of drug-likeness (QED) is 0.868. The molecule has 4 rings (SSSR count). The Kier molecular flexibility index (Phi) is 3.99. The highest BCUT2D eigenvalue weighted by molar-refractivity contribution is 5.73. The molecule has 1 saturated heterocycles. The average molecular weight is 359 g/mol. The number of methoxy groups -OCH3 is 1. The van der Waals surface area contributed by atoms with Crippen molar-refractivity contribution in [1.82, 2.24) is 5.32 Å². The molecular formula is C21H29NO4. The van der Waals surface area contributed by atoms with Crippen LogP contribution in [-0.4, -0.2) is 30.8 Å². The first-order chi connectivity index (χ1) is 12.3. The van der Waals surface area contributed by atoms with Gasteiger partial charge < -0.3 is 19.9 Å². The van der Waals surface area contributed by atoms with Crippen LogP contribution in [0.2, 0.25) is 0 Å². The van der Waals surface area contributed by atoms with Gasteiger partial charge in [-0.15, -0.1) is 0 Å². The van der Waals surface area contributed by atoms with Crippen molar-refractivity contribution >= 4 is 5.91 Å². The number of rotatable bonds is 3. The summed E-state index contributed by atoms with van der Waals surface area (Å²) in [5.41, 5.74) is 0.930. The second-order valence-corrected chi connectivity index (χ2v) is 8.90. The number of carbonyl (C=O) groups excluding carboxylic acids is 1. The van der Waals surface area contributed by atoms with Crippen LogP contribution in [0.4, 0.5) is 0 Å². The maximum atomic E-state index is 11.9. The summed E-state index contributed by atoms with van der Waals surface area (Å²) < 4.78 is 11.6. The first-order valence-corrected chi connectivity index (χ1v) is 9.55. The molecule has 2 saturated carbocycles. The van der Waals surface area contributed by atoms with Crippen LogP contribution >= 0.6 is 0 Å². The zero-order valence-electron chi connectivity index (χ0n) is 16.0. The highest BCUT2D eigenvalue weighted by Gasteiger charge is 2.68. The zero-order valence-corrected chi connectivity index (χ0v) is 16.0. The van der Waals surface area contributed by atoms with Crippen LogP contribution in [0.15, 0.2) is 18.2 Å². The van der Waals surface area contributed by atoms with Crippen LogP contribution in [-0.2, 0) is 9.53 Å². The van der Waals surface area contributed by atoms with Crippen molar-refractivity contribution < 1.29 is 19.4 Å². The van der Waals surface area contributed by atoms with Gasteiger partial charge in [0.2, 0.25) is 5.91 Å². The molecule has 5 atom stereocenters. The van der Waals surface area contributed by atoms with Gasteiger partial charge in [0.15, 0.2) is 0 Å². The number of ether oxygens (including phenoxy) is 2. The number of amides is 1. The lowest BCUT2D eigenvalue weighted by molar-refractivity contribution is -0.136. The molecule has 1 unspecified atom stereocenters. The molecule has 3 fully saturated rings. The van der Waals surface area contributed by atoms with Gasteiger partial charge in [-0.2, -0.15) is 0 Å². The van der Waals surface area contributed by atoms with E-state index in [-0.39, 0.29) is 34.6 Å². The molecule has 3 aliphatic rings. The molecule has 142 valence electrons. The lowest BCUT2D eigenvalue weighted by atomic mass is 9.58. The van der Waals surface area contributed by atoms with Crippen molar-refractivity contribution in [2.24, 2.45) is 22.7 Å². The Bertz CT molecular complexity index is 731. The monoisotopic (exact) mass is 359 g/mol. The van der Waals surface area contributed by atoms with Crippen molar-refractivity contribution in [3.8, 4) is 11.5 Å². The smallest absolute Gasteiger partial charge is 0.217 e. The van der Waals surface area contributed by atoms with Crippen molar-refractivity contribution in [2.75, 3.05) is 13.7 Å². The van der Waals surface area contributed by atoms with Gasteiger partial charge in [-0.25, -0.2) is 0 Å². The number of phenolic OH excluding ortho intramolecular Hbond substituents is 1. The first-order valence-electron chi connectivity index (χ1n) is 9.55. The van der Waals surface area contributed by atoms with E-state index in [0.29, 0.717) is 18.4 Å².